The number of hydrogen-bond acceptors (Lipinski definition) is 4. The zero-order valence-electron chi connectivity index (χ0n) is 9.64. The van der Waals surface area contributed by atoms with Gasteiger partial charge in [0, 0.05) is 24.7 Å². The number of rotatable bonds is 3. The summed E-state index contributed by atoms with van der Waals surface area (Å²) in [5.74, 6) is 0.944. The minimum atomic E-state index is 0.744. The first-order valence-corrected chi connectivity index (χ1v) is 5.43. The summed E-state index contributed by atoms with van der Waals surface area (Å²) in [5.41, 5.74) is 7.47. The Bertz CT molecular complexity index is 495. The van der Waals surface area contributed by atoms with Gasteiger partial charge < -0.3 is 10.6 Å². The number of nitrogen functional groups attached to an aromatic ring is 1. The summed E-state index contributed by atoms with van der Waals surface area (Å²) in [5, 5.41) is 1.01. The van der Waals surface area contributed by atoms with Gasteiger partial charge in [0.25, 0.3) is 0 Å². The highest BCUT2D eigenvalue weighted by Crippen LogP contribution is 2.23. The molecule has 2 N–H and O–H groups in total. The first kappa shape index (κ1) is 10.7. The summed E-state index contributed by atoms with van der Waals surface area (Å²) in [6.07, 6.45) is 2.68. The molecule has 1 heterocycles. The van der Waals surface area contributed by atoms with E-state index < -0.39 is 0 Å². The molecule has 0 amide bonds. The van der Waals surface area contributed by atoms with Gasteiger partial charge in [-0.1, -0.05) is 6.92 Å². The second kappa shape index (κ2) is 4.35. The average Bonchev–Trinajstić information content (AvgIpc) is 2.28. The summed E-state index contributed by atoms with van der Waals surface area (Å²) in [6, 6.07) is 5.71. The van der Waals surface area contributed by atoms with Crippen molar-refractivity contribution in [1.82, 2.24) is 9.97 Å². The van der Waals surface area contributed by atoms with E-state index in [-0.39, 0.29) is 0 Å². The average molecular weight is 216 g/mol. The van der Waals surface area contributed by atoms with Crippen LogP contribution in [0.15, 0.2) is 24.5 Å². The maximum absolute atomic E-state index is 5.79. The fourth-order valence-electron chi connectivity index (χ4n) is 1.81. The SMILES string of the molecule is CCCN(C)c1ncnc2ccc(N)cc12. The maximum atomic E-state index is 5.79. The molecule has 84 valence electrons. The van der Waals surface area contributed by atoms with E-state index in [1.54, 1.807) is 6.33 Å². The molecule has 0 aliphatic carbocycles. The minimum Gasteiger partial charge on any atom is -0.399 e. The van der Waals surface area contributed by atoms with Crippen LogP contribution >= 0.6 is 0 Å². The molecule has 4 heteroatoms. The van der Waals surface area contributed by atoms with Crippen LogP contribution < -0.4 is 10.6 Å². The lowest BCUT2D eigenvalue weighted by Gasteiger charge is -2.18. The first-order chi connectivity index (χ1) is 7.72. The van der Waals surface area contributed by atoms with Crippen molar-refractivity contribution in [3.8, 4) is 0 Å². The van der Waals surface area contributed by atoms with Crippen molar-refractivity contribution in [2.24, 2.45) is 0 Å². The van der Waals surface area contributed by atoms with Gasteiger partial charge in [-0.15, -0.1) is 0 Å². The first-order valence-electron chi connectivity index (χ1n) is 5.43. The molecule has 0 radical (unpaired) electrons. The molecule has 0 aliphatic heterocycles. The van der Waals surface area contributed by atoms with E-state index in [9.17, 15) is 0 Å². The third kappa shape index (κ3) is 1.91. The van der Waals surface area contributed by atoms with Crippen molar-refractivity contribution >= 4 is 22.4 Å². The van der Waals surface area contributed by atoms with Crippen molar-refractivity contribution in [2.75, 3.05) is 24.2 Å². The largest absolute Gasteiger partial charge is 0.399 e. The lowest BCUT2D eigenvalue weighted by molar-refractivity contribution is 0.840. The highest BCUT2D eigenvalue weighted by atomic mass is 15.2. The van der Waals surface area contributed by atoms with E-state index in [4.69, 9.17) is 5.73 Å². The summed E-state index contributed by atoms with van der Waals surface area (Å²) < 4.78 is 0. The van der Waals surface area contributed by atoms with Crippen molar-refractivity contribution in [3.63, 3.8) is 0 Å². The van der Waals surface area contributed by atoms with Gasteiger partial charge in [-0.05, 0) is 24.6 Å². The Labute approximate surface area is 95.1 Å². The standard InChI is InChI=1S/C12H16N4/c1-3-6-16(2)12-10-7-9(13)4-5-11(10)14-8-15-12/h4-5,7-8H,3,6,13H2,1-2H3. The summed E-state index contributed by atoms with van der Waals surface area (Å²) in [7, 11) is 2.04. The third-order valence-electron chi connectivity index (χ3n) is 2.56. The Morgan fingerprint density at radius 2 is 2.12 bits per heavy atom. The van der Waals surface area contributed by atoms with E-state index in [1.807, 2.05) is 25.2 Å². The van der Waals surface area contributed by atoms with E-state index in [1.165, 1.54) is 0 Å². The Kier molecular flexibility index (Phi) is 2.90. The van der Waals surface area contributed by atoms with Crippen molar-refractivity contribution in [3.05, 3.63) is 24.5 Å². The smallest absolute Gasteiger partial charge is 0.139 e. The van der Waals surface area contributed by atoms with Crippen LogP contribution in [0.5, 0.6) is 0 Å². The van der Waals surface area contributed by atoms with E-state index in [0.717, 1.165) is 35.4 Å². The Balaban J connectivity index is 2.55. The Morgan fingerprint density at radius 3 is 2.88 bits per heavy atom. The lowest BCUT2D eigenvalue weighted by Crippen LogP contribution is -2.19. The maximum Gasteiger partial charge on any atom is 0.139 e. The fraction of sp³-hybridized carbons (Fsp3) is 0.333. The number of aromatic nitrogens is 2. The molecular formula is C12H16N4. The predicted molar refractivity (Wildman–Crippen MR) is 67.5 cm³/mol. The molecule has 1 aromatic carbocycles. The number of fused-ring (bicyclic) bond motifs is 1. The van der Waals surface area contributed by atoms with Crippen LogP contribution in [0.4, 0.5) is 11.5 Å². The van der Waals surface area contributed by atoms with Crippen molar-refractivity contribution < 1.29 is 0 Å². The number of nitrogens with zero attached hydrogens (tertiary/aromatic N) is 3. The number of benzene rings is 1. The van der Waals surface area contributed by atoms with Gasteiger partial charge in [-0.3, -0.25) is 0 Å². The third-order valence-corrected chi connectivity index (χ3v) is 2.56. The van der Waals surface area contributed by atoms with Gasteiger partial charge in [0.1, 0.15) is 12.1 Å². The molecule has 0 fully saturated rings. The van der Waals surface area contributed by atoms with Crippen LogP contribution in [0.3, 0.4) is 0 Å². The summed E-state index contributed by atoms with van der Waals surface area (Å²) in [6.45, 7) is 3.12. The number of nitrogens with two attached hydrogens (primary N) is 1. The molecule has 1 aromatic heterocycles. The van der Waals surface area contributed by atoms with Crippen LogP contribution in [-0.4, -0.2) is 23.6 Å². The van der Waals surface area contributed by atoms with E-state index in [2.05, 4.69) is 21.8 Å². The van der Waals surface area contributed by atoms with Crippen molar-refractivity contribution in [1.29, 1.82) is 0 Å². The molecule has 4 nitrogen and oxygen atoms in total. The van der Waals surface area contributed by atoms with Gasteiger partial charge in [-0.25, -0.2) is 9.97 Å². The monoisotopic (exact) mass is 216 g/mol. The molecule has 2 aromatic rings. The quantitative estimate of drug-likeness (QED) is 0.798. The Hall–Kier alpha value is -1.84. The molecule has 0 unspecified atom stereocenters. The predicted octanol–water partition coefficient (Wildman–Crippen LogP) is 2.06. The molecule has 0 spiro atoms. The molecule has 0 atom stereocenters. The van der Waals surface area contributed by atoms with Crippen LogP contribution in [0.1, 0.15) is 13.3 Å². The molecule has 2 rings (SSSR count). The van der Waals surface area contributed by atoms with Crippen LogP contribution in [0.2, 0.25) is 0 Å². The topological polar surface area (TPSA) is 55.0 Å². The molecule has 0 bridgehead atoms. The number of hydrogen-bond donors (Lipinski definition) is 1. The van der Waals surface area contributed by atoms with Gasteiger partial charge >= 0.3 is 0 Å². The zero-order chi connectivity index (χ0) is 11.5. The molecule has 0 aliphatic rings. The molecule has 0 saturated carbocycles. The van der Waals surface area contributed by atoms with Gasteiger partial charge in [0.15, 0.2) is 0 Å². The summed E-state index contributed by atoms with van der Waals surface area (Å²) >= 11 is 0. The normalized spacial score (nSPS) is 10.6. The van der Waals surface area contributed by atoms with Crippen molar-refractivity contribution in [2.45, 2.75) is 13.3 Å². The van der Waals surface area contributed by atoms with E-state index in [0.29, 0.717) is 0 Å². The fourth-order valence-corrected chi connectivity index (χ4v) is 1.81. The van der Waals surface area contributed by atoms with Crippen LogP contribution in [0, 0.1) is 0 Å². The van der Waals surface area contributed by atoms with Gasteiger partial charge in [0.2, 0.25) is 0 Å². The highest BCUT2D eigenvalue weighted by molar-refractivity contribution is 5.91. The van der Waals surface area contributed by atoms with Crippen LogP contribution in [-0.2, 0) is 0 Å². The van der Waals surface area contributed by atoms with Gasteiger partial charge in [0.05, 0.1) is 5.52 Å². The zero-order valence-corrected chi connectivity index (χ0v) is 9.64. The molecule has 16 heavy (non-hydrogen) atoms. The second-order valence-electron chi connectivity index (χ2n) is 3.90. The van der Waals surface area contributed by atoms with Crippen LogP contribution in [0.25, 0.3) is 10.9 Å². The lowest BCUT2D eigenvalue weighted by atomic mass is 10.2. The second-order valence-corrected chi connectivity index (χ2v) is 3.90. The molecular weight excluding hydrogens is 200 g/mol. The highest BCUT2D eigenvalue weighted by Gasteiger charge is 2.07. The Morgan fingerprint density at radius 1 is 1.31 bits per heavy atom. The van der Waals surface area contributed by atoms with E-state index >= 15 is 0 Å². The molecule has 0 saturated heterocycles. The summed E-state index contributed by atoms with van der Waals surface area (Å²) in [4.78, 5) is 10.7. The number of anilines is 2. The minimum absolute atomic E-state index is 0.744. The van der Waals surface area contributed by atoms with Gasteiger partial charge in [-0.2, -0.15) is 0 Å².